The van der Waals surface area contributed by atoms with Gasteiger partial charge in [-0.15, -0.1) is 23.2 Å². The normalized spacial score (nSPS) is 14.7. The fourth-order valence-corrected chi connectivity index (χ4v) is 8.60. The van der Waals surface area contributed by atoms with Crippen LogP contribution < -0.4 is 0 Å². The highest BCUT2D eigenvalue weighted by atomic mass is 35.5. The van der Waals surface area contributed by atoms with Gasteiger partial charge in [0, 0.05) is 5.88 Å². The third-order valence-electron chi connectivity index (χ3n) is 10.5. The van der Waals surface area contributed by atoms with Gasteiger partial charge in [-0.25, -0.2) is 0 Å². The first-order valence-electron chi connectivity index (χ1n) is 17.0. The molecule has 2 aliphatic carbocycles. The van der Waals surface area contributed by atoms with Gasteiger partial charge < -0.3 is 0 Å². The minimum Gasteiger partial charge on any atom is -0.124 e. The lowest BCUT2D eigenvalue weighted by Gasteiger charge is -2.39. The third kappa shape index (κ3) is 5.37. The van der Waals surface area contributed by atoms with E-state index in [0.29, 0.717) is 5.88 Å². The van der Waals surface area contributed by atoms with Crippen LogP contribution in [-0.4, -0.2) is 5.88 Å². The summed E-state index contributed by atoms with van der Waals surface area (Å²) in [6.07, 6.45) is 1.74. The zero-order valence-electron chi connectivity index (χ0n) is 30.2. The van der Waals surface area contributed by atoms with Crippen LogP contribution in [0.3, 0.4) is 0 Å². The molecule has 0 radical (unpaired) electrons. The second kappa shape index (κ2) is 10.7. The Bertz CT molecular complexity index is 1730. The highest BCUT2D eigenvalue weighted by Crippen LogP contribution is 2.55. The van der Waals surface area contributed by atoms with E-state index >= 15 is 0 Å². The van der Waals surface area contributed by atoms with E-state index in [0.717, 1.165) is 12.8 Å². The fourth-order valence-electron chi connectivity index (χ4n) is 7.90. The SMILES string of the molecule is CC(C)(C)c1ccc2c(c1)Cc1c-2ccc(C(C)(C)C)c1C(Cl)(CCl)c1c(C(C)(C)C)ccc2c1Cc1cc(C(C)(C)C)ccc1-2. The second-order valence-electron chi connectivity index (χ2n) is 18.1. The molecule has 46 heavy (non-hydrogen) atoms. The van der Waals surface area contributed by atoms with Crippen molar-refractivity contribution in [1.82, 2.24) is 0 Å². The molecular weight excluding hydrogens is 599 g/mol. The van der Waals surface area contributed by atoms with Crippen LogP contribution in [0.15, 0.2) is 60.7 Å². The lowest BCUT2D eigenvalue weighted by atomic mass is 9.70. The summed E-state index contributed by atoms with van der Waals surface area (Å²) in [7, 11) is 0. The van der Waals surface area contributed by atoms with Crippen molar-refractivity contribution in [3.8, 4) is 22.3 Å². The van der Waals surface area contributed by atoms with Crippen LogP contribution in [0.2, 0.25) is 0 Å². The van der Waals surface area contributed by atoms with Gasteiger partial charge in [0.15, 0.2) is 0 Å². The molecule has 0 aromatic heterocycles. The Morgan fingerprint density at radius 3 is 1.13 bits per heavy atom. The molecule has 4 aromatic carbocycles. The van der Waals surface area contributed by atoms with Gasteiger partial charge in [-0.3, -0.25) is 0 Å². The number of hydrogen-bond acceptors (Lipinski definition) is 0. The summed E-state index contributed by atoms with van der Waals surface area (Å²) < 4.78 is 0. The lowest BCUT2D eigenvalue weighted by Crippen LogP contribution is -2.33. The Morgan fingerprint density at radius 2 is 0.826 bits per heavy atom. The second-order valence-corrected chi connectivity index (χ2v) is 19.0. The fraction of sp³-hybridized carbons (Fsp3) is 0.455. The molecule has 0 aliphatic heterocycles. The van der Waals surface area contributed by atoms with Crippen LogP contribution in [-0.2, 0) is 39.4 Å². The van der Waals surface area contributed by atoms with Crippen LogP contribution in [0.4, 0.5) is 0 Å². The molecule has 2 aliphatic rings. The van der Waals surface area contributed by atoms with Crippen molar-refractivity contribution < 1.29 is 0 Å². The molecule has 0 nitrogen and oxygen atoms in total. The average molecular weight is 652 g/mol. The zero-order chi connectivity index (χ0) is 33.8. The van der Waals surface area contributed by atoms with Crippen LogP contribution in [0.25, 0.3) is 22.3 Å². The number of halogens is 2. The maximum atomic E-state index is 8.33. The Kier molecular flexibility index (Phi) is 7.79. The molecule has 0 fully saturated rings. The van der Waals surface area contributed by atoms with Crippen molar-refractivity contribution in [2.45, 2.75) is 122 Å². The highest BCUT2D eigenvalue weighted by Gasteiger charge is 2.45. The minimum atomic E-state index is -0.909. The van der Waals surface area contributed by atoms with Crippen molar-refractivity contribution in [3.05, 3.63) is 116 Å². The van der Waals surface area contributed by atoms with Gasteiger partial charge in [0.1, 0.15) is 4.87 Å². The summed E-state index contributed by atoms with van der Waals surface area (Å²) >= 11 is 15.6. The largest absolute Gasteiger partial charge is 0.124 e. The van der Waals surface area contributed by atoms with E-state index in [1.807, 2.05) is 0 Å². The molecule has 0 saturated heterocycles. The first-order chi connectivity index (χ1) is 21.2. The zero-order valence-corrected chi connectivity index (χ0v) is 31.7. The summed E-state index contributed by atoms with van der Waals surface area (Å²) in [5.41, 5.74) is 18.4. The lowest BCUT2D eigenvalue weighted by molar-refractivity contribution is 0.558. The molecule has 6 rings (SSSR count). The molecule has 2 heteroatoms. The maximum Gasteiger partial charge on any atom is 0.109 e. The molecular formula is C44H52Cl2. The van der Waals surface area contributed by atoms with Crippen LogP contribution >= 0.6 is 23.2 Å². The van der Waals surface area contributed by atoms with E-state index in [-0.39, 0.29) is 21.7 Å². The Balaban J connectivity index is 1.65. The molecule has 0 unspecified atom stereocenters. The first kappa shape index (κ1) is 33.4. The quantitative estimate of drug-likeness (QED) is 0.167. The molecule has 4 aromatic rings. The standard InChI is InChI=1S/C44H52Cl2/c1-40(2,3)28-13-15-30-26(21-28)23-34-32(30)17-19-36(42(7,8)9)38(34)44(46,25-45)39-35-24-27-22-29(41(4,5)6)14-16-31(27)33(35)18-20-37(39)43(10,11)12/h13-22H,23-25H2,1-12H3. The number of fused-ring (bicyclic) bond motifs is 6. The summed E-state index contributed by atoms with van der Waals surface area (Å²) in [6.45, 7) is 27.7. The summed E-state index contributed by atoms with van der Waals surface area (Å²) in [4.78, 5) is -0.909. The van der Waals surface area contributed by atoms with Gasteiger partial charge >= 0.3 is 0 Å². The van der Waals surface area contributed by atoms with Gasteiger partial charge in [0.25, 0.3) is 0 Å². The summed E-state index contributed by atoms with van der Waals surface area (Å²) in [6, 6.07) is 23.5. The Morgan fingerprint density at radius 1 is 0.478 bits per heavy atom. The summed E-state index contributed by atoms with van der Waals surface area (Å²) in [5, 5.41) is 0. The van der Waals surface area contributed by atoms with Crippen LogP contribution in [0, 0.1) is 0 Å². The Labute approximate surface area is 288 Å². The molecule has 0 saturated carbocycles. The number of hydrogen-bond donors (Lipinski definition) is 0. The molecule has 0 atom stereocenters. The maximum absolute atomic E-state index is 8.33. The van der Waals surface area contributed by atoms with Gasteiger partial charge in [0.05, 0.1) is 0 Å². The molecule has 0 bridgehead atoms. The van der Waals surface area contributed by atoms with Gasteiger partial charge in [-0.1, -0.05) is 144 Å². The molecule has 242 valence electrons. The van der Waals surface area contributed by atoms with E-state index in [9.17, 15) is 0 Å². The highest BCUT2D eigenvalue weighted by molar-refractivity contribution is 6.33. The summed E-state index contributed by atoms with van der Waals surface area (Å²) in [5.74, 6) is 0.292. The van der Waals surface area contributed by atoms with Crippen molar-refractivity contribution in [2.24, 2.45) is 0 Å². The molecule has 0 amide bonds. The average Bonchev–Trinajstić information content (AvgIpc) is 3.51. The van der Waals surface area contributed by atoms with Crippen LogP contribution in [0.5, 0.6) is 0 Å². The Hall–Kier alpha value is -2.54. The van der Waals surface area contributed by atoms with Gasteiger partial charge in [0.2, 0.25) is 0 Å². The smallest absolute Gasteiger partial charge is 0.109 e. The first-order valence-corrected chi connectivity index (χ1v) is 17.9. The minimum absolute atomic E-state index is 0.0870. The van der Waals surface area contributed by atoms with Crippen molar-refractivity contribution >= 4 is 23.2 Å². The molecule has 0 spiro atoms. The third-order valence-corrected chi connectivity index (χ3v) is 11.5. The van der Waals surface area contributed by atoms with Crippen molar-refractivity contribution in [2.75, 3.05) is 5.88 Å². The number of benzene rings is 4. The van der Waals surface area contributed by atoms with E-state index in [1.54, 1.807) is 0 Å². The van der Waals surface area contributed by atoms with E-state index < -0.39 is 4.87 Å². The monoisotopic (exact) mass is 650 g/mol. The van der Waals surface area contributed by atoms with E-state index in [4.69, 9.17) is 23.2 Å². The van der Waals surface area contributed by atoms with Crippen molar-refractivity contribution in [1.29, 1.82) is 0 Å². The van der Waals surface area contributed by atoms with Crippen LogP contribution in [0.1, 0.15) is 139 Å². The van der Waals surface area contributed by atoms with E-state index in [2.05, 4.69) is 144 Å². The van der Waals surface area contributed by atoms with E-state index in [1.165, 1.54) is 77.9 Å². The number of rotatable bonds is 3. The van der Waals surface area contributed by atoms with Crippen molar-refractivity contribution in [3.63, 3.8) is 0 Å². The predicted octanol–water partition coefficient (Wildman–Crippen LogP) is 12.7. The van der Waals surface area contributed by atoms with Gasteiger partial charge in [-0.05, 0) is 112 Å². The number of alkyl halides is 2. The van der Waals surface area contributed by atoms with Gasteiger partial charge in [-0.2, -0.15) is 0 Å². The topological polar surface area (TPSA) is 0 Å². The molecule has 0 N–H and O–H groups in total. The predicted molar refractivity (Wildman–Crippen MR) is 202 cm³/mol. The molecule has 0 heterocycles.